The molecular weight excluding hydrogens is 250 g/mol. The van der Waals surface area contributed by atoms with Crippen LogP contribution in [0, 0.1) is 0 Å². The summed E-state index contributed by atoms with van der Waals surface area (Å²) in [6.45, 7) is 0. The smallest absolute Gasteiger partial charge is 0.341 e. The third-order valence-electron chi connectivity index (χ3n) is 2.56. The number of anilines is 1. The number of hydrogen-bond acceptors (Lipinski definition) is 6. The maximum absolute atomic E-state index is 11.1. The molecule has 3 aromatic heterocycles. The average Bonchev–Trinajstić information content (AvgIpc) is 3.05. The van der Waals surface area contributed by atoms with E-state index in [1.165, 1.54) is 17.0 Å². The van der Waals surface area contributed by atoms with Gasteiger partial charge in [0, 0.05) is 13.2 Å². The molecular formula is C11H9N5O3. The van der Waals surface area contributed by atoms with E-state index in [0.717, 1.165) is 0 Å². The first-order chi connectivity index (χ1) is 9.20. The minimum atomic E-state index is -1.11. The lowest BCUT2D eigenvalue weighted by Crippen LogP contribution is -2.07. The van der Waals surface area contributed by atoms with Crippen molar-refractivity contribution in [1.29, 1.82) is 0 Å². The van der Waals surface area contributed by atoms with Crippen LogP contribution >= 0.6 is 0 Å². The number of hydrogen-bond donors (Lipinski definition) is 2. The fourth-order valence-electron chi connectivity index (χ4n) is 1.70. The van der Waals surface area contributed by atoms with Gasteiger partial charge in [0.1, 0.15) is 5.56 Å². The molecule has 3 heterocycles. The van der Waals surface area contributed by atoms with Crippen molar-refractivity contribution in [2.45, 2.75) is 0 Å². The zero-order valence-electron chi connectivity index (χ0n) is 9.86. The summed E-state index contributed by atoms with van der Waals surface area (Å²) in [7, 11) is 1.66. The van der Waals surface area contributed by atoms with Crippen molar-refractivity contribution >= 4 is 17.6 Å². The molecule has 0 aliphatic rings. The van der Waals surface area contributed by atoms with Gasteiger partial charge in [-0.3, -0.25) is 0 Å². The highest BCUT2D eigenvalue weighted by Gasteiger charge is 2.18. The van der Waals surface area contributed by atoms with E-state index in [0.29, 0.717) is 17.5 Å². The normalized spacial score (nSPS) is 10.8. The molecule has 2 N–H and O–H groups in total. The fraction of sp³-hybridized carbons (Fsp3) is 0.0909. The van der Waals surface area contributed by atoms with Crippen molar-refractivity contribution in [1.82, 2.24) is 19.6 Å². The summed E-state index contributed by atoms with van der Waals surface area (Å²) in [6.07, 6.45) is 2.74. The van der Waals surface area contributed by atoms with Crippen LogP contribution in [0.5, 0.6) is 0 Å². The highest BCUT2D eigenvalue weighted by Crippen LogP contribution is 2.20. The number of nitrogens with zero attached hydrogens (tertiary/aromatic N) is 4. The van der Waals surface area contributed by atoms with E-state index in [1.807, 2.05) is 0 Å². The molecule has 8 heteroatoms. The Labute approximate surface area is 106 Å². The van der Waals surface area contributed by atoms with Gasteiger partial charge in [0.2, 0.25) is 11.8 Å². The van der Waals surface area contributed by atoms with Crippen LogP contribution in [0.2, 0.25) is 0 Å². The van der Waals surface area contributed by atoms with Crippen molar-refractivity contribution in [3.8, 4) is 11.6 Å². The summed E-state index contributed by atoms with van der Waals surface area (Å²) in [6, 6.07) is 3.40. The third-order valence-corrected chi connectivity index (χ3v) is 2.56. The molecule has 0 aromatic carbocycles. The largest absolute Gasteiger partial charge is 0.477 e. The zero-order valence-corrected chi connectivity index (χ0v) is 9.86. The van der Waals surface area contributed by atoms with E-state index in [1.54, 1.807) is 19.2 Å². The first-order valence-corrected chi connectivity index (χ1v) is 5.41. The highest BCUT2D eigenvalue weighted by atomic mass is 16.4. The average molecular weight is 259 g/mol. The Hall–Kier alpha value is -2.90. The van der Waals surface area contributed by atoms with Gasteiger partial charge in [-0.2, -0.15) is 4.52 Å². The SMILES string of the molecule is CNc1ncc(C(=O)O)c2nc(-c3ccco3)nn12. The molecule has 0 saturated heterocycles. The monoisotopic (exact) mass is 259 g/mol. The highest BCUT2D eigenvalue weighted by molar-refractivity contribution is 5.94. The van der Waals surface area contributed by atoms with Crippen LogP contribution < -0.4 is 5.32 Å². The quantitative estimate of drug-likeness (QED) is 0.726. The Morgan fingerprint density at radius 2 is 2.37 bits per heavy atom. The summed E-state index contributed by atoms with van der Waals surface area (Å²) in [5.41, 5.74) is 0.183. The van der Waals surface area contributed by atoms with Crippen LogP contribution in [0.15, 0.2) is 29.0 Å². The molecule has 0 unspecified atom stereocenters. The van der Waals surface area contributed by atoms with E-state index in [4.69, 9.17) is 9.52 Å². The molecule has 0 bridgehead atoms. The number of furan rings is 1. The molecule has 19 heavy (non-hydrogen) atoms. The molecule has 96 valence electrons. The van der Waals surface area contributed by atoms with E-state index >= 15 is 0 Å². The van der Waals surface area contributed by atoms with Crippen LogP contribution in [0.3, 0.4) is 0 Å². The number of nitrogens with one attached hydrogen (secondary N) is 1. The summed E-state index contributed by atoms with van der Waals surface area (Å²) in [5.74, 6) is 0.0444. The Balaban J connectivity index is 2.30. The lowest BCUT2D eigenvalue weighted by molar-refractivity contribution is 0.0698. The van der Waals surface area contributed by atoms with Crippen LogP contribution in [0.4, 0.5) is 5.95 Å². The topological polar surface area (TPSA) is 106 Å². The number of fused-ring (bicyclic) bond motifs is 1. The summed E-state index contributed by atoms with van der Waals surface area (Å²) in [5, 5.41) is 16.1. The van der Waals surface area contributed by atoms with E-state index in [-0.39, 0.29) is 11.2 Å². The van der Waals surface area contributed by atoms with Crippen LogP contribution in [0.1, 0.15) is 10.4 Å². The van der Waals surface area contributed by atoms with Gasteiger partial charge in [-0.25, -0.2) is 14.8 Å². The third kappa shape index (κ3) is 1.69. The van der Waals surface area contributed by atoms with E-state index in [9.17, 15) is 4.79 Å². The lowest BCUT2D eigenvalue weighted by Gasteiger charge is -2.02. The Morgan fingerprint density at radius 1 is 1.53 bits per heavy atom. The number of carboxylic acid groups (broad SMARTS) is 1. The number of rotatable bonds is 3. The molecule has 3 aromatic rings. The molecule has 0 atom stereocenters. The lowest BCUT2D eigenvalue weighted by atomic mass is 10.3. The standard InChI is InChI=1S/C11H9N5O3/c1-12-11-13-5-6(10(17)18)9-14-8(15-16(9)11)7-3-2-4-19-7/h2-5H,1H3,(H,12,13)(H,17,18). The Morgan fingerprint density at radius 3 is 3.00 bits per heavy atom. The number of carboxylic acids is 1. The number of aromatic carboxylic acids is 1. The molecule has 3 rings (SSSR count). The second-order valence-corrected chi connectivity index (χ2v) is 3.70. The van der Waals surface area contributed by atoms with Gasteiger partial charge in [-0.05, 0) is 12.1 Å². The van der Waals surface area contributed by atoms with Gasteiger partial charge in [-0.1, -0.05) is 0 Å². The molecule has 8 nitrogen and oxygen atoms in total. The maximum Gasteiger partial charge on any atom is 0.341 e. The van der Waals surface area contributed by atoms with Crippen molar-refractivity contribution in [3.05, 3.63) is 30.2 Å². The van der Waals surface area contributed by atoms with Gasteiger partial charge < -0.3 is 14.8 Å². The van der Waals surface area contributed by atoms with Gasteiger partial charge in [0.25, 0.3) is 0 Å². The molecule has 0 radical (unpaired) electrons. The first-order valence-electron chi connectivity index (χ1n) is 5.41. The van der Waals surface area contributed by atoms with E-state index < -0.39 is 5.97 Å². The van der Waals surface area contributed by atoms with Gasteiger partial charge >= 0.3 is 5.97 Å². The molecule has 0 amide bonds. The number of carbonyl (C=O) groups is 1. The van der Waals surface area contributed by atoms with Crippen LogP contribution in [-0.2, 0) is 0 Å². The molecule has 0 spiro atoms. The molecule has 0 fully saturated rings. The number of aromatic nitrogens is 4. The zero-order chi connectivity index (χ0) is 13.4. The predicted molar refractivity (Wildman–Crippen MR) is 65.0 cm³/mol. The second-order valence-electron chi connectivity index (χ2n) is 3.70. The fourth-order valence-corrected chi connectivity index (χ4v) is 1.70. The van der Waals surface area contributed by atoms with E-state index in [2.05, 4.69) is 20.4 Å². The van der Waals surface area contributed by atoms with Crippen LogP contribution in [-0.4, -0.2) is 37.7 Å². The summed E-state index contributed by atoms with van der Waals surface area (Å²) in [4.78, 5) is 19.3. The second kappa shape index (κ2) is 4.09. The molecule has 0 aliphatic carbocycles. The van der Waals surface area contributed by atoms with Crippen molar-refractivity contribution in [2.24, 2.45) is 0 Å². The first kappa shape index (κ1) is 11.2. The minimum Gasteiger partial charge on any atom is -0.477 e. The van der Waals surface area contributed by atoms with Crippen molar-refractivity contribution in [2.75, 3.05) is 12.4 Å². The van der Waals surface area contributed by atoms with Crippen LogP contribution in [0.25, 0.3) is 17.2 Å². The maximum atomic E-state index is 11.1. The minimum absolute atomic E-state index is 0.0238. The molecule has 0 saturated carbocycles. The summed E-state index contributed by atoms with van der Waals surface area (Å²) >= 11 is 0. The predicted octanol–water partition coefficient (Wildman–Crippen LogP) is 1.12. The van der Waals surface area contributed by atoms with Gasteiger partial charge in [0.05, 0.1) is 6.26 Å². The molecule has 0 aliphatic heterocycles. The van der Waals surface area contributed by atoms with Gasteiger partial charge in [0.15, 0.2) is 11.4 Å². The van der Waals surface area contributed by atoms with Gasteiger partial charge in [-0.15, -0.1) is 5.10 Å². The Kier molecular flexibility index (Phi) is 2.41. The summed E-state index contributed by atoms with van der Waals surface area (Å²) < 4.78 is 6.53. The van der Waals surface area contributed by atoms with Crippen molar-refractivity contribution in [3.63, 3.8) is 0 Å². The van der Waals surface area contributed by atoms with Crippen molar-refractivity contribution < 1.29 is 14.3 Å². The Bertz CT molecular complexity index is 747.